The van der Waals surface area contributed by atoms with Gasteiger partial charge in [0.25, 0.3) is 0 Å². The number of piperidine rings is 1. The molecule has 2 atom stereocenters. The SMILES string of the molecule is Cc1cc(Nc2cc(-c3cnn(C)c3)nc(NC3CC4CCC(C3)N4C(=O)OC(C)(C)C)n2)n[nH]1. The molecule has 5 rings (SSSR count). The molecular formula is C24H33N9O2. The number of nitrogens with one attached hydrogen (secondary N) is 3. The molecule has 0 spiro atoms. The summed E-state index contributed by atoms with van der Waals surface area (Å²) in [7, 11) is 1.88. The van der Waals surface area contributed by atoms with E-state index in [0.29, 0.717) is 17.6 Å². The van der Waals surface area contributed by atoms with Gasteiger partial charge in [-0.05, 0) is 53.4 Å². The summed E-state index contributed by atoms with van der Waals surface area (Å²) in [5, 5.41) is 18.3. The molecule has 35 heavy (non-hydrogen) atoms. The van der Waals surface area contributed by atoms with E-state index in [-0.39, 0.29) is 24.2 Å². The Balaban J connectivity index is 1.35. The summed E-state index contributed by atoms with van der Waals surface area (Å²) in [5.41, 5.74) is 2.13. The van der Waals surface area contributed by atoms with E-state index in [1.807, 2.05) is 58.0 Å². The van der Waals surface area contributed by atoms with Crippen LogP contribution < -0.4 is 10.6 Å². The number of hydrogen-bond donors (Lipinski definition) is 3. The molecule has 0 radical (unpaired) electrons. The minimum Gasteiger partial charge on any atom is -0.444 e. The fraction of sp³-hybridized carbons (Fsp3) is 0.542. The van der Waals surface area contributed by atoms with Crippen molar-refractivity contribution in [3.8, 4) is 11.3 Å². The minimum absolute atomic E-state index is 0.159. The summed E-state index contributed by atoms with van der Waals surface area (Å²) in [6.07, 6.45) is 7.14. The number of carbonyl (C=O) groups is 1. The number of H-pyrrole nitrogens is 1. The van der Waals surface area contributed by atoms with Crippen LogP contribution in [0.3, 0.4) is 0 Å². The highest BCUT2D eigenvalue weighted by Crippen LogP contribution is 2.38. The number of hydrogen-bond acceptors (Lipinski definition) is 8. The Morgan fingerprint density at radius 2 is 1.89 bits per heavy atom. The van der Waals surface area contributed by atoms with Crippen molar-refractivity contribution in [2.24, 2.45) is 7.05 Å². The zero-order valence-corrected chi connectivity index (χ0v) is 20.9. The van der Waals surface area contributed by atoms with Crippen molar-refractivity contribution in [3.63, 3.8) is 0 Å². The molecule has 2 saturated heterocycles. The molecule has 2 fully saturated rings. The van der Waals surface area contributed by atoms with Gasteiger partial charge in [-0.3, -0.25) is 9.78 Å². The Bertz CT molecular complexity index is 1200. The number of aromatic nitrogens is 6. The molecule has 5 heterocycles. The van der Waals surface area contributed by atoms with E-state index in [2.05, 4.69) is 25.9 Å². The predicted octanol–water partition coefficient (Wildman–Crippen LogP) is 3.99. The van der Waals surface area contributed by atoms with Crippen LogP contribution in [0.5, 0.6) is 0 Å². The van der Waals surface area contributed by atoms with E-state index in [1.165, 1.54) is 0 Å². The fourth-order valence-electron chi connectivity index (χ4n) is 4.98. The second kappa shape index (κ2) is 8.86. The molecule has 0 aliphatic carbocycles. The molecule has 11 heteroatoms. The maximum atomic E-state index is 12.8. The van der Waals surface area contributed by atoms with Crippen LogP contribution in [0.15, 0.2) is 24.5 Å². The maximum Gasteiger partial charge on any atom is 0.410 e. The number of anilines is 3. The van der Waals surface area contributed by atoms with E-state index < -0.39 is 5.60 Å². The van der Waals surface area contributed by atoms with Crippen LogP contribution in [0.1, 0.15) is 52.1 Å². The van der Waals surface area contributed by atoms with Crippen molar-refractivity contribution >= 4 is 23.7 Å². The Morgan fingerprint density at radius 3 is 2.49 bits per heavy atom. The largest absolute Gasteiger partial charge is 0.444 e. The lowest BCUT2D eigenvalue weighted by Crippen LogP contribution is -2.51. The molecule has 11 nitrogen and oxygen atoms in total. The van der Waals surface area contributed by atoms with Crippen molar-refractivity contribution in [2.45, 2.75) is 77.1 Å². The quantitative estimate of drug-likeness (QED) is 0.501. The Hall–Kier alpha value is -3.63. The van der Waals surface area contributed by atoms with E-state index >= 15 is 0 Å². The van der Waals surface area contributed by atoms with Crippen LogP contribution in [0.4, 0.5) is 22.4 Å². The number of amides is 1. The van der Waals surface area contributed by atoms with Crippen molar-refractivity contribution in [1.82, 2.24) is 34.8 Å². The first-order valence-electron chi connectivity index (χ1n) is 12.1. The second-order valence-electron chi connectivity index (χ2n) is 10.5. The number of aromatic amines is 1. The Labute approximate surface area is 204 Å². The summed E-state index contributed by atoms with van der Waals surface area (Å²) >= 11 is 0. The first-order valence-corrected chi connectivity index (χ1v) is 12.1. The first-order chi connectivity index (χ1) is 16.6. The molecule has 2 unspecified atom stereocenters. The van der Waals surface area contributed by atoms with Crippen LogP contribution in [0.25, 0.3) is 11.3 Å². The van der Waals surface area contributed by atoms with Crippen LogP contribution in [-0.2, 0) is 11.8 Å². The molecule has 3 aromatic rings. The van der Waals surface area contributed by atoms with Gasteiger partial charge in [-0.15, -0.1) is 0 Å². The average molecular weight is 480 g/mol. The molecule has 2 aliphatic rings. The van der Waals surface area contributed by atoms with Gasteiger partial charge < -0.3 is 20.3 Å². The van der Waals surface area contributed by atoms with Crippen LogP contribution >= 0.6 is 0 Å². The van der Waals surface area contributed by atoms with Crippen molar-refractivity contribution in [1.29, 1.82) is 0 Å². The lowest BCUT2D eigenvalue weighted by Gasteiger charge is -2.39. The van der Waals surface area contributed by atoms with E-state index in [1.54, 1.807) is 10.9 Å². The van der Waals surface area contributed by atoms with Gasteiger partial charge in [0.15, 0.2) is 5.82 Å². The first kappa shape index (κ1) is 23.1. The zero-order chi connectivity index (χ0) is 24.7. The minimum atomic E-state index is -0.498. The molecule has 2 bridgehead atoms. The van der Waals surface area contributed by atoms with E-state index in [4.69, 9.17) is 14.7 Å². The number of carbonyl (C=O) groups excluding carboxylic acids is 1. The molecular weight excluding hydrogens is 446 g/mol. The van der Waals surface area contributed by atoms with E-state index in [0.717, 1.165) is 42.6 Å². The number of ether oxygens (including phenoxy) is 1. The highest BCUT2D eigenvalue weighted by molar-refractivity contribution is 5.70. The summed E-state index contributed by atoms with van der Waals surface area (Å²) < 4.78 is 7.42. The average Bonchev–Trinajstić information content (AvgIpc) is 3.44. The highest BCUT2D eigenvalue weighted by atomic mass is 16.6. The third-order valence-electron chi connectivity index (χ3n) is 6.36. The van der Waals surface area contributed by atoms with Gasteiger partial charge in [0.1, 0.15) is 11.4 Å². The van der Waals surface area contributed by atoms with Crippen LogP contribution in [0.2, 0.25) is 0 Å². The van der Waals surface area contributed by atoms with Crippen LogP contribution in [0, 0.1) is 6.92 Å². The molecule has 186 valence electrons. The van der Waals surface area contributed by atoms with Gasteiger partial charge in [0.05, 0.1) is 11.9 Å². The summed E-state index contributed by atoms with van der Waals surface area (Å²) in [4.78, 5) is 24.2. The predicted molar refractivity (Wildman–Crippen MR) is 132 cm³/mol. The fourth-order valence-corrected chi connectivity index (χ4v) is 4.98. The molecule has 0 saturated carbocycles. The smallest absolute Gasteiger partial charge is 0.410 e. The second-order valence-corrected chi connectivity index (χ2v) is 10.5. The number of aryl methyl sites for hydroxylation is 2. The van der Waals surface area contributed by atoms with Crippen LogP contribution in [-0.4, -0.2) is 64.7 Å². The number of rotatable bonds is 5. The van der Waals surface area contributed by atoms with Gasteiger partial charge in [0.2, 0.25) is 5.95 Å². The summed E-state index contributed by atoms with van der Waals surface area (Å²) in [5.74, 6) is 1.87. The number of nitrogens with zero attached hydrogens (tertiary/aromatic N) is 6. The third-order valence-corrected chi connectivity index (χ3v) is 6.36. The third kappa shape index (κ3) is 5.23. The normalized spacial score (nSPS) is 21.7. The monoisotopic (exact) mass is 479 g/mol. The van der Waals surface area contributed by atoms with E-state index in [9.17, 15) is 4.79 Å². The van der Waals surface area contributed by atoms with Gasteiger partial charge in [-0.2, -0.15) is 15.2 Å². The van der Waals surface area contributed by atoms with Gasteiger partial charge in [0, 0.05) is 54.8 Å². The lowest BCUT2D eigenvalue weighted by molar-refractivity contribution is 0.00682. The van der Waals surface area contributed by atoms with Crippen molar-refractivity contribution in [3.05, 3.63) is 30.2 Å². The number of fused-ring (bicyclic) bond motifs is 2. The molecule has 3 N–H and O–H groups in total. The Morgan fingerprint density at radius 1 is 1.14 bits per heavy atom. The van der Waals surface area contributed by atoms with Crippen molar-refractivity contribution < 1.29 is 9.53 Å². The molecule has 2 aliphatic heterocycles. The molecule has 1 amide bonds. The van der Waals surface area contributed by atoms with Gasteiger partial charge in [-0.1, -0.05) is 0 Å². The van der Waals surface area contributed by atoms with Gasteiger partial charge in [-0.25, -0.2) is 9.78 Å². The summed E-state index contributed by atoms with van der Waals surface area (Å²) in [6, 6.07) is 4.29. The highest BCUT2D eigenvalue weighted by Gasteiger charge is 2.45. The molecule has 3 aromatic heterocycles. The Kier molecular flexibility index (Phi) is 5.86. The lowest BCUT2D eigenvalue weighted by atomic mass is 9.98. The van der Waals surface area contributed by atoms with Crippen molar-refractivity contribution in [2.75, 3.05) is 10.6 Å². The standard InChI is InChI=1S/C24H33N9O2/c1-14-8-21(31-30-14)28-20-11-19(15-12-25-32(5)13-15)27-22(29-20)26-16-9-17-6-7-18(10-16)33(17)23(34)35-24(2,3)4/h8,11-13,16-18H,6-7,9-10H2,1-5H3,(H3,26,27,28,29,30,31). The van der Waals surface area contributed by atoms with Gasteiger partial charge >= 0.3 is 6.09 Å². The zero-order valence-electron chi connectivity index (χ0n) is 20.9. The summed E-state index contributed by atoms with van der Waals surface area (Å²) in [6.45, 7) is 7.67. The maximum absolute atomic E-state index is 12.8. The molecule has 0 aromatic carbocycles. The topological polar surface area (TPSA) is 126 Å².